The number of piperidine rings is 1. The van der Waals surface area contributed by atoms with Gasteiger partial charge in [0.1, 0.15) is 11.6 Å². The molecular weight excluding hydrogens is 371 g/mol. The highest BCUT2D eigenvalue weighted by atomic mass is 32.2. The van der Waals surface area contributed by atoms with Crippen LogP contribution in [0.1, 0.15) is 23.2 Å². The first-order valence-corrected chi connectivity index (χ1v) is 10.1. The lowest BCUT2D eigenvalue weighted by atomic mass is 10.0. The maximum Gasteiger partial charge on any atom is 0.253 e. The van der Waals surface area contributed by atoms with Crippen molar-refractivity contribution in [2.24, 2.45) is 0 Å². The van der Waals surface area contributed by atoms with Crippen molar-refractivity contribution in [3.05, 3.63) is 59.9 Å². The van der Waals surface area contributed by atoms with E-state index in [1.165, 1.54) is 37.4 Å². The zero-order valence-corrected chi connectivity index (χ0v) is 15.7. The summed E-state index contributed by atoms with van der Waals surface area (Å²) in [5.74, 6) is -0.118. The molecule has 2 aromatic carbocycles. The fourth-order valence-electron chi connectivity index (χ4n) is 3.05. The standard InChI is InChI=1S/C19H21FN2O4S/c1-26-17-5-7-18(8-6-17)27(24,25)21-16-9-11-22(12-10-16)19(23)14-3-2-4-15(20)13-14/h2-8,13,16,21H,9-12H2,1H3. The first kappa shape index (κ1) is 19.3. The topological polar surface area (TPSA) is 75.7 Å². The molecule has 0 unspecified atom stereocenters. The minimum Gasteiger partial charge on any atom is -0.497 e. The Morgan fingerprint density at radius 1 is 1.15 bits per heavy atom. The lowest BCUT2D eigenvalue weighted by Gasteiger charge is -2.32. The molecular formula is C19H21FN2O4S. The second-order valence-corrected chi connectivity index (χ2v) is 8.09. The van der Waals surface area contributed by atoms with Crippen LogP contribution in [-0.4, -0.2) is 45.5 Å². The van der Waals surface area contributed by atoms with Gasteiger partial charge in [0.25, 0.3) is 5.91 Å². The molecule has 0 spiro atoms. The number of nitrogens with zero attached hydrogens (tertiary/aromatic N) is 1. The van der Waals surface area contributed by atoms with Gasteiger partial charge in [0.15, 0.2) is 0 Å². The van der Waals surface area contributed by atoms with E-state index in [1.807, 2.05) is 0 Å². The Morgan fingerprint density at radius 3 is 2.41 bits per heavy atom. The van der Waals surface area contributed by atoms with E-state index in [9.17, 15) is 17.6 Å². The van der Waals surface area contributed by atoms with Gasteiger partial charge in [-0.25, -0.2) is 17.5 Å². The van der Waals surface area contributed by atoms with Crippen LogP contribution in [0.3, 0.4) is 0 Å². The van der Waals surface area contributed by atoms with Crippen LogP contribution in [0.25, 0.3) is 0 Å². The van der Waals surface area contributed by atoms with Crippen LogP contribution in [0.2, 0.25) is 0 Å². The Hall–Kier alpha value is -2.45. The number of carbonyl (C=O) groups excluding carboxylic acids is 1. The van der Waals surface area contributed by atoms with Gasteiger partial charge >= 0.3 is 0 Å². The number of nitrogens with one attached hydrogen (secondary N) is 1. The third-order valence-corrected chi connectivity index (χ3v) is 6.08. The van der Waals surface area contributed by atoms with Gasteiger partial charge in [-0.05, 0) is 55.3 Å². The summed E-state index contributed by atoms with van der Waals surface area (Å²) < 4.78 is 46.0. The molecule has 0 saturated carbocycles. The first-order valence-electron chi connectivity index (χ1n) is 8.60. The summed E-state index contributed by atoms with van der Waals surface area (Å²) in [6.07, 6.45) is 0.993. The van der Waals surface area contributed by atoms with Crippen molar-refractivity contribution in [1.82, 2.24) is 9.62 Å². The van der Waals surface area contributed by atoms with Crippen LogP contribution in [0.5, 0.6) is 5.75 Å². The lowest BCUT2D eigenvalue weighted by Crippen LogP contribution is -2.46. The molecule has 0 bridgehead atoms. The Bertz CT molecular complexity index is 908. The summed E-state index contributed by atoms with van der Waals surface area (Å²) in [4.78, 5) is 14.2. The monoisotopic (exact) mass is 392 g/mol. The molecule has 1 fully saturated rings. The fraction of sp³-hybridized carbons (Fsp3) is 0.316. The Balaban J connectivity index is 1.59. The highest BCUT2D eigenvalue weighted by Crippen LogP contribution is 2.19. The minimum atomic E-state index is -3.64. The number of hydrogen-bond donors (Lipinski definition) is 1. The molecule has 8 heteroatoms. The molecule has 3 rings (SSSR count). The van der Waals surface area contributed by atoms with E-state index < -0.39 is 15.8 Å². The molecule has 1 amide bonds. The second-order valence-electron chi connectivity index (χ2n) is 6.37. The number of likely N-dealkylation sites (tertiary alicyclic amines) is 1. The third kappa shape index (κ3) is 4.64. The SMILES string of the molecule is COc1ccc(S(=O)(=O)NC2CCN(C(=O)c3cccc(F)c3)CC2)cc1. The predicted octanol–water partition coefficient (Wildman–Crippen LogP) is 2.42. The number of sulfonamides is 1. The number of halogens is 1. The molecule has 144 valence electrons. The number of benzene rings is 2. The van der Waals surface area contributed by atoms with Crippen molar-refractivity contribution in [3.63, 3.8) is 0 Å². The van der Waals surface area contributed by atoms with Crippen molar-refractivity contribution in [3.8, 4) is 5.75 Å². The quantitative estimate of drug-likeness (QED) is 0.848. The number of carbonyl (C=O) groups is 1. The lowest BCUT2D eigenvalue weighted by molar-refractivity contribution is 0.0711. The van der Waals surface area contributed by atoms with Crippen LogP contribution in [-0.2, 0) is 10.0 Å². The predicted molar refractivity (Wildman–Crippen MR) is 98.6 cm³/mol. The smallest absolute Gasteiger partial charge is 0.253 e. The highest BCUT2D eigenvalue weighted by molar-refractivity contribution is 7.89. The minimum absolute atomic E-state index is 0.168. The second kappa shape index (κ2) is 8.06. The summed E-state index contributed by atoms with van der Waals surface area (Å²) in [5, 5.41) is 0. The number of hydrogen-bond acceptors (Lipinski definition) is 4. The molecule has 1 aliphatic heterocycles. The summed E-state index contributed by atoms with van der Waals surface area (Å²) in [5.41, 5.74) is 0.298. The van der Waals surface area contributed by atoms with E-state index in [0.29, 0.717) is 37.2 Å². The highest BCUT2D eigenvalue weighted by Gasteiger charge is 2.27. The molecule has 1 saturated heterocycles. The number of amides is 1. The van der Waals surface area contributed by atoms with E-state index in [2.05, 4.69) is 4.72 Å². The van der Waals surface area contributed by atoms with Crippen LogP contribution in [0, 0.1) is 5.82 Å². The number of rotatable bonds is 5. The summed E-state index contributed by atoms with van der Waals surface area (Å²) >= 11 is 0. The molecule has 0 aromatic heterocycles. The molecule has 2 aromatic rings. The van der Waals surface area contributed by atoms with Gasteiger partial charge in [-0.1, -0.05) is 6.07 Å². The Morgan fingerprint density at radius 2 is 1.81 bits per heavy atom. The van der Waals surface area contributed by atoms with Gasteiger partial charge < -0.3 is 9.64 Å². The normalized spacial score (nSPS) is 15.6. The van der Waals surface area contributed by atoms with Crippen LogP contribution in [0.15, 0.2) is 53.4 Å². The summed E-state index contributed by atoms with van der Waals surface area (Å²) in [7, 11) is -2.12. The number of ether oxygens (including phenoxy) is 1. The van der Waals surface area contributed by atoms with Gasteiger partial charge in [-0.2, -0.15) is 0 Å². The van der Waals surface area contributed by atoms with Crippen molar-refractivity contribution >= 4 is 15.9 Å². The van der Waals surface area contributed by atoms with Crippen molar-refractivity contribution < 1.29 is 22.3 Å². The van der Waals surface area contributed by atoms with Gasteiger partial charge in [0.2, 0.25) is 10.0 Å². The van der Waals surface area contributed by atoms with E-state index >= 15 is 0 Å². The molecule has 1 N–H and O–H groups in total. The fourth-order valence-corrected chi connectivity index (χ4v) is 4.35. The average molecular weight is 392 g/mol. The molecule has 1 heterocycles. The van der Waals surface area contributed by atoms with E-state index in [0.717, 1.165) is 0 Å². The zero-order chi connectivity index (χ0) is 19.4. The zero-order valence-electron chi connectivity index (χ0n) is 14.9. The number of methoxy groups -OCH3 is 1. The first-order chi connectivity index (χ1) is 12.9. The van der Waals surface area contributed by atoms with Crippen LogP contribution in [0.4, 0.5) is 4.39 Å². The van der Waals surface area contributed by atoms with E-state index in [1.54, 1.807) is 23.1 Å². The van der Waals surface area contributed by atoms with E-state index in [-0.39, 0.29) is 16.8 Å². The van der Waals surface area contributed by atoms with Gasteiger partial charge in [0.05, 0.1) is 12.0 Å². The molecule has 1 aliphatic rings. The van der Waals surface area contributed by atoms with Gasteiger partial charge in [-0.3, -0.25) is 4.79 Å². The van der Waals surface area contributed by atoms with Crippen molar-refractivity contribution in [2.75, 3.05) is 20.2 Å². The largest absolute Gasteiger partial charge is 0.497 e. The Kier molecular flexibility index (Phi) is 5.76. The molecule has 0 aliphatic carbocycles. The van der Waals surface area contributed by atoms with Gasteiger partial charge in [-0.15, -0.1) is 0 Å². The third-order valence-electron chi connectivity index (χ3n) is 4.55. The molecule has 0 atom stereocenters. The van der Waals surface area contributed by atoms with Crippen molar-refractivity contribution in [2.45, 2.75) is 23.8 Å². The van der Waals surface area contributed by atoms with Crippen LogP contribution >= 0.6 is 0 Å². The molecule has 0 radical (unpaired) electrons. The van der Waals surface area contributed by atoms with Gasteiger partial charge in [0, 0.05) is 24.7 Å². The Labute approximate surface area is 158 Å². The van der Waals surface area contributed by atoms with Crippen molar-refractivity contribution in [1.29, 1.82) is 0 Å². The maximum atomic E-state index is 13.3. The summed E-state index contributed by atoms with van der Waals surface area (Å²) in [6, 6.07) is 11.5. The van der Waals surface area contributed by atoms with E-state index in [4.69, 9.17) is 4.74 Å². The van der Waals surface area contributed by atoms with Crippen LogP contribution < -0.4 is 9.46 Å². The average Bonchev–Trinajstić information content (AvgIpc) is 2.68. The summed E-state index contributed by atoms with van der Waals surface area (Å²) in [6.45, 7) is 0.816. The maximum absolute atomic E-state index is 13.3. The molecule has 6 nitrogen and oxygen atoms in total. The molecule has 27 heavy (non-hydrogen) atoms.